The van der Waals surface area contributed by atoms with Gasteiger partial charge in [0.25, 0.3) is 5.91 Å². The van der Waals surface area contributed by atoms with Gasteiger partial charge in [0.15, 0.2) is 0 Å². The predicted molar refractivity (Wildman–Crippen MR) is 65.9 cm³/mol. The Bertz CT molecular complexity index is 362. The van der Waals surface area contributed by atoms with Crippen LogP contribution in [-0.4, -0.2) is 65.2 Å². The smallest absolute Gasteiger partial charge is 0.325 e. The molecule has 6 heteroatoms. The highest BCUT2D eigenvalue weighted by Crippen LogP contribution is 2.29. The Labute approximate surface area is 106 Å². The van der Waals surface area contributed by atoms with Crippen molar-refractivity contribution in [2.45, 2.75) is 18.4 Å². The van der Waals surface area contributed by atoms with Crippen LogP contribution < -0.4 is 5.32 Å². The van der Waals surface area contributed by atoms with Gasteiger partial charge in [-0.3, -0.25) is 14.6 Å². The number of nitrogens with one attached hydrogen (secondary N) is 1. The second kappa shape index (κ2) is 5.07. The fourth-order valence-corrected chi connectivity index (χ4v) is 2.62. The standard InChI is InChI=1S/C12H19N3O3/c1-2-5-14-6-3-12(4-7-14)10(17)15(8-9-16)11(18)13-12/h2,16H,1,3-9H2,(H,13,18). The quantitative estimate of drug-likeness (QED) is 0.526. The van der Waals surface area contributed by atoms with Crippen LogP contribution in [0.4, 0.5) is 4.79 Å². The summed E-state index contributed by atoms with van der Waals surface area (Å²) < 4.78 is 0. The molecule has 0 aromatic rings. The van der Waals surface area contributed by atoms with Gasteiger partial charge in [-0.1, -0.05) is 6.08 Å². The number of imide groups is 1. The van der Waals surface area contributed by atoms with Crippen molar-refractivity contribution in [1.82, 2.24) is 15.1 Å². The Hall–Kier alpha value is -1.40. The number of carbonyl (C=O) groups excluding carboxylic acids is 2. The third-order valence-corrected chi connectivity index (χ3v) is 3.67. The number of rotatable bonds is 4. The SMILES string of the molecule is C=CCN1CCC2(CC1)NC(=O)N(CCO)C2=O. The molecule has 0 aromatic heterocycles. The van der Waals surface area contributed by atoms with Gasteiger partial charge in [-0.15, -0.1) is 6.58 Å². The van der Waals surface area contributed by atoms with E-state index < -0.39 is 5.54 Å². The molecule has 2 heterocycles. The zero-order chi connectivity index (χ0) is 13.2. The van der Waals surface area contributed by atoms with Crippen LogP contribution in [0.5, 0.6) is 0 Å². The Morgan fingerprint density at radius 3 is 2.61 bits per heavy atom. The molecule has 0 atom stereocenters. The Kier molecular flexibility index (Phi) is 3.68. The van der Waals surface area contributed by atoms with E-state index in [1.54, 1.807) is 0 Å². The van der Waals surface area contributed by atoms with Gasteiger partial charge < -0.3 is 10.4 Å². The van der Waals surface area contributed by atoms with E-state index in [4.69, 9.17) is 5.11 Å². The largest absolute Gasteiger partial charge is 0.395 e. The van der Waals surface area contributed by atoms with Gasteiger partial charge in [0.1, 0.15) is 5.54 Å². The van der Waals surface area contributed by atoms with Crippen molar-refractivity contribution in [3.63, 3.8) is 0 Å². The van der Waals surface area contributed by atoms with Gasteiger partial charge in [-0.25, -0.2) is 4.79 Å². The number of urea groups is 1. The summed E-state index contributed by atoms with van der Waals surface area (Å²) in [5.74, 6) is -0.195. The predicted octanol–water partition coefficient (Wildman–Crippen LogP) is -0.449. The van der Waals surface area contributed by atoms with E-state index >= 15 is 0 Å². The highest BCUT2D eigenvalue weighted by molar-refractivity contribution is 6.07. The number of amides is 3. The lowest BCUT2D eigenvalue weighted by atomic mass is 9.87. The molecule has 18 heavy (non-hydrogen) atoms. The molecule has 0 radical (unpaired) electrons. The van der Waals surface area contributed by atoms with Crippen LogP contribution in [0.15, 0.2) is 12.7 Å². The zero-order valence-electron chi connectivity index (χ0n) is 10.4. The second-order valence-corrected chi connectivity index (χ2v) is 4.78. The van der Waals surface area contributed by atoms with Gasteiger partial charge in [-0.2, -0.15) is 0 Å². The molecular weight excluding hydrogens is 234 g/mol. The Morgan fingerprint density at radius 2 is 2.06 bits per heavy atom. The van der Waals surface area contributed by atoms with E-state index in [0.717, 1.165) is 24.5 Å². The lowest BCUT2D eigenvalue weighted by molar-refractivity contribution is -0.133. The van der Waals surface area contributed by atoms with Gasteiger partial charge in [-0.05, 0) is 12.8 Å². The van der Waals surface area contributed by atoms with Gasteiger partial charge in [0.05, 0.1) is 13.2 Å². The molecule has 2 N–H and O–H groups in total. The van der Waals surface area contributed by atoms with Gasteiger partial charge >= 0.3 is 6.03 Å². The molecule has 1 spiro atoms. The molecule has 0 saturated carbocycles. The lowest BCUT2D eigenvalue weighted by Gasteiger charge is -2.36. The molecule has 0 bridgehead atoms. The van der Waals surface area contributed by atoms with E-state index in [1.165, 1.54) is 0 Å². The number of β-amino-alcohol motifs (C(OH)–C–C–N with tert-alkyl or cyclic N) is 1. The van der Waals surface area contributed by atoms with Crippen molar-refractivity contribution in [1.29, 1.82) is 0 Å². The first-order valence-electron chi connectivity index (χ1n) is 6.21. The lowest BCUT2D eigenvalue weighted by Crippen LogP contribution is -2.54. The number of aliphatic hydroxyl groups is 1. The Balaban J connectivity index is 2.04. The number of hydrogen-bond donors (Lipinski definition) is 2. The van der Waals surface area contributed by atoms with E-state index in [0.29, 0.717) is 12.8 Å². The minimum atomic E-state index is -0.746. The van der Waals surface area contributed by atoms with E-state index in [9.17, 15) is 9.59 Å². The minimum Gasteiger partial charge on any atom is -0.395 e. The first-order valence-corrected chi connectivity index (χ1v) is 6.21. The van der Waals surface area contributed by atoms with Crippen molar-refractivity contribution in [2.75, 3.05) is 32.8 Å². The van der Waals surface area contributed by atoms with E-state index in [1.807, 2.05) is 6.08 Å². The first-order chi connectivity index (χ1) is 8.63. The summed E-state index contributed by atoms with van der Waals surface area (Å²) in [5.41, 5.74) is -0.746. The molecule has 2 fully saturated rings. The molecule has 2 saturated heterocycles. The van der Waals surface area contributed by atoms with Crippen LogP contribution in [0.1, 0.15) is 12.8 Å². The molecular formula is C12H19N3O3. The topological polar surface area (TPSA) is 72.9 Å². The molecule has 100 valence electrons. The average molecular weight is 253 g/mol. The summed E-state index contributed by atoms with van der Waals surface area (Å²) in [6, 6.07) is -0.383. The van der Waals surface area contributed by atoms with Gasteiger partial charge in [0.2, 0.25) is 0 Å². The molecule has 6 nitrogen and oxygen atoms in total. The molecule has 0 aromatic carbocycles. The third kappa shape index (κ3) is 2.13. The van der Waals surface area contributed by atoms with Crippen molar-refractivity contribution >= 4 is 11.9 Å². The first kappa shape index (κ1) is 13.0. The highest BCUT2D eigenvalue weighted by Gasteiger charge is 2.51. The number of piperidine rings is 1. The average Bonchev–Trinajstić information content (AvgIpc) is 2.58. The number of aliphatic hydroxyl groups excluding tert-OH is 1. The highest BCUT2D eigenvalue weighted by atomic mass is 16.3. The van der Waals surface area contributed by atoms with Crippen molar-refractivity contribution in [3.05, 3.63) is 12.7 Å². The van der Waals surface area contributed by atoms with Gasteiger partial charge in [0, 0.05) is 19.6 Å². The summed E-state index contributed by atoms with van der Waals surface area (Å²) in [6.45, 7) is 5.91. The minimum absolute atomic E-state index is 0.0722. The summed E-state index contributed by atoms with van der Waals surface area (Å²) in [4.78, 5) is 27.3. The zero-order valence-corrected chi connectivity index (χ0v) is 10.4. The summed E-state index contributed by atoms with van der Waals surface area (Å²) in [6.07, 6.45) is 3.08. The number of hydrogen-bond acceptors (Lipinski definition) is 4. The van der Waals surface area contributed by atoms with Crippen LogP contribution in [0, 0.1) is 0 Å². The van der Waals surface area contributed by atoms with E-state index in [2.05, 4.69) is 16.8 Å². The normalized spacial score (nSPS) is 23.5. The number of nitrogens with zero attached hydrogens (tertiary/aromatic N) is 2. The molecule has 0 unspecified atom stereocenters. The van der Waals surface area contributed by atoms with E-state index in [-0.39, 0.29) is 25.1 Å². The van der Waals surface area contributed by atoms with Crippen molar-refractivity contribution < 1.29 is 14.7 Å². The molecule has 2 rings (SSSR count). The molecule has 2 aliphatic heterocycles. The van der Waals surface area contributed by atoms with Crippen LogP contribution in [-0.2, 0) is 4.79 Å². The fourth-order valence-electron chi connectivity index (χ4n) is 2.62. The summed E-state index contributed by atoms with van der Waals surface area (Å²) in [7, 11) is 0. The van der Waals surface area contributed by atoms with Crippen LogP contribution in [0.2, 0.25) is 0 Å². The maximum absolute atomic E-state index is 12.2. The third-order valence-electron chi connectivity index (χ3n) is 3.67. The molecule has 2 aliphatic rings. The maximum atomic E-state index is 12.2. The van der Waals surface area contributed by atoms with Crippen LogP contribution >= 0.6 is 0 Å². The number of likely N-dealkylation sites (tertiary alicyclic amines) is 1. The molecule has 3 amide bonds. The van der Waals surface area contributed by atoms with Crippen LogP contribution in [0.3, 0.4) is 0 Å². The number of carbonyl (C=O) groups is 2. The monoisotopic (exact) mass is 253 g/mol. The maximum Gasteiger partial charge on any atom is 0.325 e. The second-order valence-electron chi connectivity index (χ2n) is 4.78. The summed E-state index contributed by atoms with van der Waals surface area (Å²) in [5, 5.41) is 11.7. The van der Waals surface area contributed by atoms with Crippen molar-refractivity contribution in [3.8, 4) is 0 Å². The summed E-state index contributed by atoms with van der Waals surface area (Å²) >= 11 is 0. The molecule has 0 aliphatic carbocycles. The van der Waals surface area contributed by atoms with Crippen molar-refractivity contribution in [2.24, 2.45) is 0 Å². The Morgan fingerprint density at radius 1 is 1.39 bits per heavy atom. The fraction of sp³-hybridized carbons (Fsp3) is 0.667. The van der Waals surface area contributed by atoms with Crippen LogP contribution in [0.25, 0.3) is 0 Å².